The van der Waals surface area contributed by atoms with Crippen LogP contribution in [0.25, 0.3) is 0 Å². The van der Waals surface area contributed by atoms with E-state index in [2.05, 4.69) is 5.32 Å². The Labute approximate surface area is 150 Å². The fourth-order valence-corrected chi connectivity index (χ4v) is 2.49. The highest BCUT2D eigenvalue weighted by molar-refractivity contribution is 6.32. The molecule has 4 nitrogen and oxygen atoms in total. The largest absolute Gasteiger partial charge is 0.425 e. The number of benzene rings is 2. The van der Waals surface area contributed by atoms with Gasteiger partial charge in [0.15, 0.2) is 0 Å². The highest BCUT2D eigenvalue weighted by Crippen LogP contribution is 2.27. The molecule has 1 atom stereocenters. The molecular weight excluding hydrogens is 349 g/mol. The molecule has 2 rings (SSSR count). The summed E-state index contributed by atoms with van der Waals surface area (Å²) in [6, 6.07) is 11.6. The number of aryl methyl sites for hydroxylation is 1. The van der Waals surface area contributed by atoms with Crippen LogP contribution < -0.4 is 10.1 Å². The van der Waals surface area contributed by atoms with Crippen LogP contribution in [-0.2, 0) is 9.59 Å². The van der Waals surface area contributed by atoms with Crippen LogP contribution in [0.3, 0.4) is 0 Å². The topological polar surface area (TPSA) is 55.4 Å². The van der Waals surface area contributed by atoms with Crippen molar-refractivity contribution in [2.75, 3.05) is 0 Å². The molecule has 1 N–H and O–H groups in total. The summed E-state index contributed by atoms with van der Waals surface area (Å²) < 4.78 is 5.34. The summed E-state index contributed by atoms with van der Waals surface area (Å²) in [6.45, 7) is 3.27. The molecular formula is C18H17Cl2NO3. The quantitative estimate of drug-likeness (QED) is 0.627. The molecule has 126 valence electrons. The maximum Gasteiger partial charge on any atom is 0.313 e. The fourth-order valence-electron chi connectivity index (χ4n) is 2.21. The molecule has 0 aliphatic rings. The molecule has 0 bridgehead atoms. The summed E-state index contributed by atoms with van der Waals surface area (Å²) in [4.78, 5) is 23.7. The molecule has 2 aromatic carbocycles. The molecule has 1 unspecified atom stereocenters. The van der Waals surface area contributed by atoms with Crippen molar-refractivity contribution in [1.29, 1.82) is 0 Å². The number of amides is 1. The highest BCUT2D eigenvalue weighted by atomic mass is 35.5. The minimum absolute atomic E-state index is 0.0223. The number of carbonyl (C=O) groups excluding carboxylic acids is 2. The van der Waals surface area contributed by atoms with Crippen LogP contribution >= 0.6 is 23.2 Å². The Morgan fingerprint density at radius 3 is 2.42 bits per heavy atom. The van der Waals surface area contributed by atoms with Crippen LogP contribution in [0, 0.1) is 6.92 Å². The molecule has 0 saturated heterocycles. The van der Waals surface area contributed by atoms with Crippen molar-refractivity contribution in [3.63, 3.8) is 0 Å². The Morgan fingerprint density at radius 2 is 1.79 bits per heavy atom. The molecule has 6 heteroatoms. The maximum absolute atomic E-state index is 12.2. The molecule has 0 heterocycles. The van der Waals surface area contributed by atoms with E-state index in [0.29, 0.717) is 15.8 Å². The van der Waals surface area contributed by atoms with Gasteiger partial charge >= 0.3 is 5.97 Å². The lowest BCUT2D eigenvalue weighted by Gasteiger charge is -2.18. The summed E-state index contributed by atoms with van der Waals surface area (Å²) in [6.07, 6.45) is -0.0223. The lowest BCUT2D eigenvalue weighted by Crippen LogP contribution is -2.29. The van der Waals surface area contributed by atoms with Crippen molar-refractivity contribution in [2.24, 2.45) is 0 Å². The molecule has 0 spiro atoms. The Balaban J connectivity index is 2.13. The van der Waals surface area contributed by atoms with Crippen LogP contribution in [0.5, 0.6) is 5.75 Å². The molecule has 0 fully saturated rings. The summed E-state index contributed by atoms with van der Waals surface area (Å²) in [7, 11) is 0. The van der Waals surface area contributed by atoms with E-state index in [1.807, 2.05) is 13.0 Å². The highest BCUT2D eigenvalue weighted by Gasteiger charge is 2.19. The van der Waals surface area contributed by atoms with E-state index in [0.717, 1.165) is 11.1 Å². The van der Waals surface area contributed by atoms with Gasteiger partial charge in [-0.3, -0.25) is 9.59 Å². The fraction of sp³-hybridized carbons (Fsp3) is 0.222. The van der Waals surface area contributed by atoms with Crippen LogP contribution in [0.15, 0.2) is 42.5 Å². The standard InChI is InChI=1S/C18H17Cl2NO3/c1-11-3-8-15(20)17(9-11)24-18(23)10-16(21-12(2)22)13-4-6-14(19)7-5-13/h3-9,16H,10H2,1-2H3,(H,21,22). The Bertz CT molecular complexity index is 744. The van der Waals surface area contributed by atoms with Crippen molar-refractivity contribution >= 4 is 35.1 Å². The van der Waals surface area contributed by atoms with E-state index in [1.165, 1.54) is 6.92 Å². The van der Waals surface area contributed by atoms with Crippen molar-refractivity contribution in [2.45, 2.75) is 26.3 Å². The number of hydrogen-bond donors (Lipinski definition) is 1. The van der Waals surface area contributed by atoms with Crippen LogP contribution in [0.4, 0.5) is 0 Å². The van der Waals surface area contributed by atoms with Crippen molar-refractivity contribution in [3.8, 4) is 5.75 Å². The summed E-state index contributed by atoms with van der Waals surface area (Å²) >= 11 is 11.9. The van der Waals surface area contributed by atoms with Gasteiger partial charge < -0.3 is 10.1 Å². The second kappa shape index (κ2) is 8.18. The number of esters is 1. The van der Waals surface area contributed by atoms with Crippen LogP contribution in [-0.4, -0.2) is 11.9 Å². The molecule has 24 heavy (non-hydrogen) atoms. The Kier molecular flexibility index (Phi) is 6.23. The zero-order valence-corrected chi connectivity index (χ0v) is 14.8. The van der Waals surface area contributed by atoms with Gasteiger partial charge in [-0.15, -0.1) is 0 Å². The molecule has 0 aliphatic carbocycles. The molecule has 1 amide bonds. The van der Waals surface area contributed by atoms with Gasteiger partial charge in [0.1, 0.15) is 5.75 Å². The smallest absolute Gasteiger partial charge is 0.313 e. The summed E-state index contributed by atoms with van der Waals surface area (Å²) in [5.74, 6) is -0.424. The molecule has 0 radical (unpaired) electrons. The van der Waals surface area contributed by atoms with Gasteiger partial charge in [-0.1, -0.05) is 41.4 Å². The Hall–Kier alpha value is -2.04. The van der Waals surface area contributed by atoms with Crippen molar-refractivity contribution in [1.82, 2.24) is 5.32 Å². The first-order valence-electron chi connectivity index (χ1n) is 7.34. The lowest BCUT2D eigenvalue weighted by atomic mass is 10.0. The minimum Gasteiger partial charge on any atom is -0.425 e. The van der Waals surface area contributed by atoms with E-state index in [1.54, 1.807) is 36.4 Å². The average Bonchev–Trinajstić information content (AvgIpc) is 2.50. The van der Waals surface area contributed by atoms with Gasteiger partial charge in [0.2, 0.25) is 5.91 Å². The summed E-state index contributed by atoms with van der Waals surface area (Å²) in [5.41, 5.74) is 1.69. The summed E-state index contributed by atoms with van der Waals surface area (Å²) in [5, 5.41) is 3.68. The number of rotatable bonds is 5. The zero-order chi connectivity index (χ0) is 17.7. The van der Waals surface area contributed by atoms with E-state index in [9.17, 15) is 9.59 Å². The third-order valence-electron chi connectivity index (χ3n) is 3.33. The monoisotopic (exact) mass is 365 g/mol. The van der Waals surface area contributed by atoms with E-state index in [4.69, 9.17) is 27.9 Å². The molecule has 2 aromatic rings. The van der Waals surface area contributed by atoms with Gasteiger partial charge in [-0.2, -0.15) is 0 Å². The van der Waals surface area contributed by atoms with Crippen molar-refractivity contribution in [3.05, 3.63) is 63.6 Å². The third kappa shape index (κ3) is 5.25. The van der Waals surface area contributed by atoms with Crippen LogP contribution in [0.1, 0.15) is 30.5 Å². The molecule has 0 aliphatic heterocycles. The second-order valence-electron chi connectivity index (χ2n) is 5.42. The maximum atomic E-state index is 12.2. The minimum atomic E-state index is -0.504. The molecule has 0 aromatic heterocycles. The Morgan fingerprint density at radius 1 is 1.12 bits per heavy atom. The molecule has 0 saturated carbocycles. The van der Waals surface area contributed by atoms with E-state index >= 15 is 0 Å². The SMILES string of the molecule is CC(=O)NC(CC(=O)Oc1cc(C)ccc1Cl)c1ccc(Cl)cc1. The number of ether oxygens (including phenoxy) is 1. The number of halogens is 2. The average molecular weight is 366 g/mol. The predicted molar refractivity (Wildman–Crippen MR) is 94.5 cm³/mol. The first-order chi connectivity index (χ1) is 11.3. The number of hydrogen-bond acceptors (Lipinski definition) is 3. The van der Waals surface area contributed by atoms with Crippen molar-refractivity contribution < 1.29 is 14.3 Å². The van der Waals surface area contributed by atoms with E-state index < -0.39 is 12.0 Å². The van der Waals surface area contributed by atoms with E-state index in [-0.39, 0.29) is 12.3 Å². The third-order valence-corrected chi connectivity index (χ3v) is 3.90. The van der Waals surface area contributed by atoms with Gasteiger partial charge in [-0.05, 0) is 42.3 Å². The first-order valence-corrected chi connectivity index (χ1v) is 8.10. The second-order valence-corrected chi connectivity index (χ2v) is 6.26. The van der Waals surface area contributed by atoms with Crippen LogP contribution in [0.2, 0.25) is 10.0 Å². The number of carbonyl (C=O) groups is 2. The first kappa shape index (κ1) is 18.3. The lowest BCUT2D eigenvalue weighted by molar-refractivity contribution is -0.135. The van der Waals surface area contributed by atoms with Gasteiger partial charge in [-0.25, -0.2) is 0 Å². The normalized spacial score (nSPS) is 11.7. The van der Waals surface area contributed by atoms with Gasteiger partial charge in [0, 0.05) is 11.9 Å². The van der Waals surface area contributed by atoms with Gasteiger partial charge in [0.05, 0.1) is 17.5 Å². The number of nitrogens with one attached hydrogen (secondary N) is 1. The zero-order valence-electron chi connectivity index (χ0n) is 13.3. The predicted octanol–water partition coefficient (Wildman–Crippen LogP) is 4.47. The van der Waals surface area contributed by atoms with Gasteiger partial charge in [0.25, 0.3) is 0 Å².